The molecule has 0 aliphatic rings. The first-order valence-electron chi connectivity index (χ1n) is 9.00. The predicted molar refractivity (Wildman–Crippen MR) is 108 cm³/mol. The van der Waals surface area contributed by atoms with Gasteiger partial charge in [0.1, 0.15) is 5.60 Å². The molecule has 1 aromatic carbocycles. The van der Waals surface area contributed by atoms with Crippen molar-refractivity contribution in [3.8, 4) is 0 Å². The molecule has 0 heterocycles. The van der Waals surface area contributed by atoms with Crippen LogP contribution < -0.4 is 0 Å². The van der Waals surface area contributed by atoms with Gasteiger partial charge in [-0.2, -0.15) is 0 Å². The molecule has 0 spiro atoms. The normalized spacial score (nSPS) is 12.0. The Morgan fingerprint density at radius 2 is 1.52 bits per heavy atom. The van der Waals surface area contributed by atoms with Crippen LogP contribution in [0.2, 0.25) is 0 Å². The molecule has 0 atom stereocenters. The molecule has 0 radical (unpaired) electrons. The Labute approximate surface area is 165 Å². The first kappa shape index (κ1) is 23.9. The SMILES string of the molecule is CCOP(=O)(OCC)SCCCC(=O)c1ccc(C(=O)OC(C)(C)C)cc1. The van der Waals surface area contributed by atoms with Crippen LogP contribution in [0.1, 0.15) is 68.2 Å². The van der Waals surface area contributed by atoms with E-state index in [-0.39, 0.29) is 5.78 Å². The van der Waals surface area contributed by atoms with E-state index in [1.54, 1.807) is 58.9 Å². The van der Waals surface area contributed by atoms with E-state index in [4.69, 9.17) is 13.8 Å². The van der Waals surface area contributed by atoms with Crippen molar-refractivity contribution in [3.05, 3.63) is 35.4 Å². The minimum atomic E-state index is -3.13. The monoisotopic (exact) mass is 416 g/mol. The number of esters is 1. The van der Waals surface area contributed by atoms with Gasteiger partial charge in [0.2, 0.25) is 0 Å². The zero-order valence-corrected chi connectivity index (χ0v) is 18.4. The maximum absolute atomic E-state index is 12.3. The van der Waals surface area contributed by atoms with Gasteiger partial charge in [0, 0.05) is 17.7 Å². The summed E-state index contributed by atoms with van der Waals surface area (Å²) in [5.41, 5.74) is 0.377. The van der Waals surface area contributed by atoms with Gasteiger partial charge in [0.25, 0.3) is 0 Å². The van der Waals surface area contributed by atoms with Crippen molar-refractivity contribution in [2.45, 2.75) is 53.1 Å². The zero-order chi connectivity index (χ0) is 20.5. The second-order valence-corrected chi connectivity index (χ2v) is 10.9. The number of carbonyl (C=O) groups excluding carboxylic acids is 2. The number of ether oxygens (including phenoxy) is 1. The number of ketones is 1. The largest absolute Gasteiger partial charge is 0.456 e. The Hall–Kier alpha value is -1.14. The highest BCUT2D eigenvalue weighted by atomic mass is 32.7. The summed E-state index contributed by atoms with van der Waals surface area (Å²) in [6, 6.07) is 6.43. The van der Waals surface area contributed by atoms with E-state index < -0.39 is 18.4 Å². The number of benzene rings is 1. The highest BCUT2D eigenvalue weighted by Crippen LogP contribution is 2.60. The second-order valence-electron chi connectivity index (χ2n) is 6.72. The Morgan fingerprint density at radius 3 is 2.00 bits per heavy atom. The van der Waals surface area contributed by atoms with Gasteiger partial charge in [0.15, 0.2) is 5.78 Å². The predicted octanol–water partition coefficient (Wildman–Crippen LogP) is 5.52. The lowest BCUT2D eigenvalue weighted by Crippen LogP contribution is -2.23. The summed E-state index contributed by atoms with van der Waals surface area (Å²) >= 11 is 1.12. The van der Waals surface area contributed by atoms with Gasteiger partial charge in [-0.15, -0.1) is 0 Å². The quantitative estimate of drug-likeness (QED) is 0.203. The van der Waals surface area contributed by atoms with Crippen molar-refractivity contribution in [1.29, 1.82) is 0 Å². The molecule has 0 aliphatic heterocycles. The van der Waals surface area contributed by atoms with Gasteiger partial charge in [-0.05, 0) is 64.6 Å². The van der Waals surface area contributed by atoms with Gasteiger partial charge in [-0.3, -0.25) is 4.79 Å². The molecular weight excluding hydrogens is 387 g/mol. The molecule has 0 fully saturated rings. The van der Waals surface area contributed by atoms with Crippen molar-refractivity contribution in [1.82, 2.24) is 0 Å². The smallest absolute Gasteiger partial charge is 0.389 e. The summed E-state index contributed by atoms with van der Waals surface area (Å²) in [4.78, 5) is 24.3. The maximum atomic E-state index is 12.3. The molecule has 0 unspecified atom stereocenters. The average Bonchev–Trinajstić information content (AvgIpc) is 2.57. The van der Waals surface area contributed by atoms with Gasteiger partial charge >= 0.3 is 12.8 Å². The number of rotatable bonds is 11. The van der Waals surface area contributed by atoms with E-state index in [0.717, 1.165) is 11.4 Å². The van der Waals surface area contributed by atoms with E-state index in [9.17, 15) is 14.2 Å². The fourth-order valence-electron chi connectivity index (χ4n) is 2.11. The summed E-state index contributed by atoms with van der Waals surface area (Å²) < 4.78 is 28.0. The molecule has 0 N–H and O–H groups in total. The van der Waals surface area contributed by atoms with Crippen LogP contribution in [-0.2, 0) is 18.3 Å². The minimum Gasteiger partial charge on any atom is -0.456 e. The molecule has 0 aliphatic carbocycles. The second kappa shape index (κ2) is 11.0. The van der Waals surface area contributed by atoms with Crippen molar-refractivity contribution in [3.63, 3.8) is 0 Å². The third kappa shape index (κ3) is 9.06. The summed E-state index contributed by atoms with van der Waals surface area (Å²) in [7, 11) is 0. The third-order valence-electron chi connectivity index (χ3n) is 3.21. The maximum Gasteiger partial charge on any atom is 0.389 e. The number of hydrogen-bond donors (Lipinski definition) is 0. The van der Waals surface area contributed by atoms with Crippen molar-refractivity contribution in [2.75, 3.05) is 19.0 Å². The summed E-state index contributed by atoms with van der Waals surface area (Å²) in [6.07, 6.45) is 0.874. The topological polar surface area (TPSA) is 78.9 Å². The minimum absolute atomic E-state index is 0.0333. The van der Waals surface area contributed by atoms with E-state index in [2.05, 4.69) is 0 Å². The number of Topliss-reactive ketones (excluding diaryl/α,β-unsaturated/α-hetero) is 1. The molecule has 0 bridgehead atoms. The fraction of sp³-hybridized carbons (Fsp3) is 0.579. The molecule has 152 valence electrons. The van der Waals surface area contributed by atoms with Crippen LogP contribution in [0.3, 0.4) is 0 Å². The van der Waals surface area contributed by atoms with Gasteiger partial charge in [-0.1, -0.05) is 12.1 Å². The first-order valence-corrected chi connectivity index (χ1v) is 12.1. The standard InChI is InChI=1S/C19H29O6PS/c1-6-23-26(22,24-7-2)27-14-8-9-17(20)15-10-12-16(13-11-15)18(21)25-19(3,4)5/h10-13H,6-9,14H2,1-5H3. The molecule has 1 aromatic rings. The Bertz CT molecular complexity index is 656. The van der Waals surface area contributed by atoms with E-state index in [1.165, 1.54) is 0 Å². The lowest BCUT2D eigenvalue weighted by molar-refractivity contribution is 0.00693. The zero-order valence-electron chi connectivity index (χ0n) is 16.6. The van der Waals surface area contributed by atoms with Crippen LogP contribution in [-0.4, -0.2) is 36.3 Å². The Morgan fingerprint density at radius 1 is 1.00 bits per heavy atom. The molecule has 1 rings (SSSR count). The number of hydrogen-bond acceptors (Lipinski definition) is 7. The summed E-state index contributed by atoms with van der Waals surface area (Å²) in [6.45, 7) is 6.42. The molecule has 0 aromatic heterocycles. The molecule has 8 heteroatoms. The first-order chi connectivity index (χ1) is 12.6. The lowest BCUT2D eigenvalue weighted by atomic mass is 10.0. The van der Waals surface area contributed by atoms with Crippen LogP contribution in [0.15, 0.2) is 24.3 Å². The van der Waals surface area contributed by atoms with Gasteiger partial charge < -0.3 is 13.8 Å². The van der Waals surface area contributed by atoms with E-state index >= 15 is 0 Å². The molecule has 0 saturated heterocycles. The van der Waals surface area contributed by atoms with Gasteiger partial charge in [0.05, 0.1) is 18.8 Å². The summed E-state index contributed by atoms with van der Waals surface area (Å²) in [5.74, 6) is 0.0495. The highest BCUT2D eigenvalue weighted by molar-refractivity contribution is 8.55. The average molecular weight is 416 g/mol. The van der Waals surface area contributed by atoms with Crippen LogP contribution in [0.25, 0.3) is 0 Å². The van der Waals surface area contributed by atoms with Crippen LogP contribution >= 0.6 is 18.2 Å². The van der Waals surface area contributed by atoms with Crippen molar-refractivity contribution < 1.29 is 27.9 Å². The molecular formula is C19H29O6PS. The third-order valence-corrected chi connectivity index (χ3v) is 7.28. The van der Waals surface area contributed by atoms with Crippen LogP contribution in [0.4, 0.5) is 0 Å². The molecule has 27 heavy (non-hydrogen) atoms. The number of carbonyl (C=O) groups is 2. The van der Waals surface area contributed by atoms with Crippen molar-refractivity contribution in [2.24, 2.45) is 0 Å². The molecule has 0 saturated carbocycles. The fourth-order valence-corrected chi connectivity index (χ4v) is 5.60. The van der Waals surface area contributed by atoms with E-state index in [1.807, 2.05) is 0 Å². The highest BCUT2D eigenvalue weighted by Gasteiger charge is 2.24. The Balaban J connectivity index is 2.51. The molecule has 0 amide bonds. The summed E-state index contributed by atoms with van der Waals surface area (Å²) in [5, 5.41) is 0. The van der Waals surface area contributed by atoms with Gasteiger partial charge in [-0.25, -0.2) is 9.36 Å². The van der Waals surface area contributed by atoms with Crippen LogP contribution in [0, 0.1) is 0 Å². The molecule has 6 nitrogen and oxygen atoms in total. The van der Waals surface area contributed by atoms with E-state index in [0.29, 0.717) is 42.9 Å². The van der Waals surface area contributed by atoms with Crippen LogP contribution in [0.5, 0.6) is 0 Å². The Kier molecular flexibility index (Phi) is 9.74. The van der Waals surface area contributed by atoms with Crippen molar-refractivity contribution >= 4 is 29.9 Å². The lowest BCUT2D eigenvalue weighted by Gasteiger charge is -2.19.